The van der Waals surface area contributed by atoms with E-state index in [0.29, 0.717) is 22.1 Å². The summed E-state index contributed by atoms with van der Waals surface area (Å²) in [6.45, 7) is 0. The fourth-order valence-electron chi connectivity index (χ4n) is 5.19. The van der Waals surface area contributed by atoms with Gasteiger partial charge >= 0.3 is 11.9 Å². The Bertz CT molecular complexity index is 1790. The van der Waals surface area contributed by atoms with Crippen molar-refractivity contribution in [2.45, 2.75) is 0 Å². The van der Waals surface area contributed by atoms with Crippen LogP contribution in [-0.4, -0.2) is 40.9 Å². The van der Waals surface area contributed by atoms with Gasteiger partial charge in [0.1, 0.15) is 11.0 Å². The molecule has 0 aliphatic carbocycles. The van der Waals surface area contributed by atoms with Crippen molar-refractivity contribution in [3.8, 4) is 0 Å². The van der Waals surface area contributed by atoms with E-state index in [1.54, 1.807) is 24.3 Å². The number of hydrogen-bond donors (Lipinski definition) is 2. The molecule has 2 N–H and O–H groups in total. The van der Waals surface area contributed by atoms with Crippen molar-refractivity contribution < 1.29 is 19.8 Å². The molecule has 0 amide bonds. The van der Waals surface area contributed by atoms with Crippen molar-refractivity contribution in [3.05, 3.63) is 96.1 Å². The molecule has 4 aliphatic rings. The number of carboxylic acid groups (broad SMARTS) is 2. The molecule has 0 spiro atoms. The molecule has 164 valence electrons. The molecule has 2 aromatic heterocycles. The smallest absolute Gasteiger partial charge is 0.337 e. The molecule has 0 fully saturated rings. The van der Waals surface area contributed by atoms with Gasteiger partial charge in [-0.25, -0.2) is 28.3 Å². The quantitative estimate of drug-likeness (QED) is 0.366. The lowest BCUT2D eigenvalue weighted by Gasteiger charge is -2.33. The van der Waals surface area contributed by atoms with Crippen LogP contribution in [0, 0.1) is 0 Å². The van der Waals surface area contributed by atoms with Gasteiger partial charge in [-0.2, -0.15) is 0 Å². The van der Waals surface area contributed by atoms with Crippen molar-refractivity contribution in [1.29, 1.82) is 0 Å². The Kier molecular flexibility index (Phi) is 3.44. The van der Waals surface area contributed by atoms with Crippen molar-refractivity contribution in [1.82, 2.24) is 18.7 Å². The summed E-state index contributed by atoms with van der Waals surface area (Å²) in [6.07, 6.45) is 0. The molecule has 0 unspecified atom stereocenters. The number of aromatic nitrogens is 4. The molecule has 0 atom stereocenters. The van der Waals surface area contributed by atoms with Crippen LogP contribution in [0.1, 0.15) is 20.7 Å². The summed E-state index contributed by atoms with van der Waals surface area (Å²) in [5, 5.41) is 20.2. The van der Waals surface area contributed by atoms with E-state index in [2.05, 4.69) is 0 Å². The van der Waals surface area contributed by atoms with Crippen LogP contribution in [0.4, 0.5) is 0 Å². The molecule has 0 radical (unpaired) electrons. The summed E-state index contributed by atoms with van der Waals surface area (Å²) in [6, 6.07) is 25.7. The molecule has 8 heteroatoms. The van der Waals surface area contributed by atoms with Gasteiger partial charge in [0.25, 0.3) is 0 Å². The standard InChI is InChI=1S/C26H16N4O4/c31-25(32)15-7-5-13-21-23(15)29-19-11-3-1-9-17(19)27(21)30-20-12-4-2-10-18(20)28(29)22-14-6-8-16(24(22)30)26(33)34/h1-14H,(H,31,32)(H,33,34). The number of carbonyl (C=O) groups is 2. The number of aromatic carboxylic acids is 2. The highest BCUT2D eigenvalue weighted by Gasteiger charge is 2.27. The highest BCUT2D eigenvalue weighted by atomic mass is 16.4. The van der Waals surface area contributed by atoms with Crippen LogP contribution in [0.15, 0.2) is 84.9 Å². The van der Waals surface area contributed by atoms with Crippen LogP contribution in [0.3, 0.4) is 0 Å². The zero-order valence-corrected chi connectivity index (χ0v) is 17.6. The molecule has 4 aliphatic heterocycles. The maximum atomic E-state index is 12.3. The monoisotopic (exact) mass is 448 g/mol. The summed E-state index contributed by atoms with van der Waals surface area (Å²) >= 11 is 0. The average Bonchev–Trinajstić information content (AvgIpc) is 2.83. The second kappa shape index (κ2) is 6.29. The van der Waals surface area contributed by atoms with E-state index in [9.17, 15) is 19.8 Å². The number of benzene rings is 4. The third kappa shape index (κ3) is 2.11. The van der Waals surface area contributed by atoms with E-state index in [1.807, 2.05) is 79.4 Å². The molecule has 4 bridgehead atoms. The summed E-state index contributed by atoms with van der Waals surface area (Å²) in [5.41, 5.74) is 5.81. The van der Waals surface area contributed by atoms with Crippen LogP contribution in [-0.2, 0) is 0 Å². The van der Waals surface area contributed by atoms with Crippen molar-refractivity contribution in [2.75, 3.05) is 0 Å². The topological polar surface area (TPSA) is 94.3 Å². The summed E-state index contributed by atoms with van der Waals surface area (Å²) < 4.78 is 7.64. The van der Waals surface area contributed by atoms with Gasteiger partial charge in [-0.15, -0.1) is 0 Å². The Morgan fingerprint density at radius 1 is 0.441 bits per heavy atom. The molecular formula is C26H16N4O4. The van der Waals surface area contributed by atoms with E-state index in [-0.39, 0.29) is 11.1 Å². The van der Waals surface area contributed by atoms with E-state index in [4.69, 9.17) is 0 Å². The third-order valence-electron chi connectivity index (χ3n) is 6.45. The van der Waals surface area contributed by atoms with Gasteiger partial charge in [0, 0.05) is 0 Å². The van der Waals surface area contributed by atoms with Gasteiger partial charge in [-0.05, 0) is 48.5 Å². The Labute approximate surface area is 191 Å². The maximum Gasteiger partial charge on any atom is 0.337 e. The van der Waals surface area contributed by atoms with Crippen molar-refractivity contribution in [2.24, 2.45) is 0 Å². The van der Waals surface area contributed by atoms with Crippen LogP contribution < -0.4 is 0 Å². The summed E-state index contributed by atoms with van der Waals surface area (Å²) in [7, 11) is 0. The minimum Gasteiger partial charge on any atom is -0.478 e. The molecule has 6 heterocycles. The SMILES string of the molecule is O=C(O)c1cccc2c1n1c3ccccc3n2-n2c3ccccc3n-1c1cccc(C(=O)O)c12. The van der Waals surface area contributed by atoms with Crippen molar-refractivity contribution >= 4 is 56.1 Å². The minimum atomic E-state index is -1.04. The normalized spacial score (nSPS) is 12.0. The van der Waals surface area contributed by atoms with Gasteiger partial charge in [0.15, 0.2) is 0 Å². The van der Waals surface area contributed by atoms with Crippen LogP contribution >= 0.6 is 0 Å². The third-order valence-corrected chi connectivity index (χ3v) is 6.45. The van der Waals surface area contributed by atoms with E-state index >= 15 is 0 Å². The van der Waals surface area contributed by atoms with E-state index < -0.39 is 11.9 Å². The second-order valence-electron chi connectivity index (χ2n) is 8.18. The Morgan fingerprint density at radius 2 is 0.765 bits per heavy atom. The predicted molar refractivity (Wildman–Crippen MR) is 128 cm³/mol. The number of carboxylic acids is 2. The zero-order chi connectivity index (χ0) is 23.1. The summed E-state index contributed by atoms with van der Waals surface area (Å²) in [4.78, 5) is 24.7. The molecule has 10 rings (SSSR count). The van der Waals surface area contributed by atoms with Crippen LogP contribution in [0.25, 0.3) is 44.1 Å². The maximum absolute atomic E-state index is 12.3. The minimum absolute atomic E-state index is 0.152. The molecule has 8 nitrogen and oxygen atoms in total. The molecular weight excluding hydrogens is 432 g/mol. The van der Waals surface area contributed by atoms with E-state index in [0.717, 1.165) is 22.1 Å². The Hall–Kier alpha value is -4.98. The first-order valence-electron chi connectivity index (χ1n) is 10.7. The van der Waals surface area contributed by atoms with Gasteiger partial charge < -0.3 is 10.2 Å². The van der Waals surface area contributed by atoms with Gasteiger partial charge in [0.05, 0.1) is 44.2 Å². The highest BCUT2D eigenvalue weighted by Crippen LogP contribution is 2.37. The van der Waals surface area contributed by atoms with Gasteiger partial charge in [-0.3, -0.25) is 0 Å². The van der Waals surface area contributed by atoms with Crippen LogP contribution in [0.5, 0.6) is 0 Å². The summed E-state index contributed by atoms with van der Waals surface area (Å²) in [5.74, 6) is -2.08. The van der Waals surface area contributed by atoms with Crippen molar-refractivity contribution in [3.63, 3.8) is 0 Å². The molecule has 0 saturated heterocycles. The Balaban J connectivity index is 1.96. The fourth-order valence-corrected chi connectivity index (χ4v) is 5.19. The molecule has 4 aromatic carbocycles. The lowest BCUT2D eigenvalue weighted by atomic mass is 10.1. The van der Waals surface area contributed by atoms with Gasteiger partial charge in [0.2, 0.25) is 0 Å². The first-order chi connectivity index (χ1) is 16.6. The zero-order valence-electron chi connectivity index (χ0n) is 17.6. The highest BCUT2D eigenvalue weighted by molar-refractivity contribution is 6.08. The lowest BCUT2D eigenvalue weighted by molar-refractivity contribution is 0.0688. The predicted octanol–water partition coefficient (Wildman–Crippen LogP) is 4.96. The Morgan fingerprint density at radius 3 is 1.12 bits per heavy atom. The first kappa shape index (κ1) is 18.6. The van der Waals surface area contributed by atoms with E-state index in [1.165, 1.54) is 0 Å². The number of para-hydroxylation sites is 6. The molecule has 0 saturated carbocycles. The van der Waals surface area contributed by atoms with Crippen LogP contribution in [0.2, 0.25) is 0 Å². The average molecular weight is 448 g/mol. The lowest BCUT2D eigenvalue weighted by Crippen LogP contribution is -2.29. The number of rotatable bonds is 2. The first-order valence-corrected chi connectivity index (χ1v) is 10.7. The molecule has 6 aromatic rings. The fraction of sp³-hybridized carbons (Fsp3) is 0. The van der Waals surface area contributed by atoms with Gasteiger partial charge in [-0.1, -0.05) is 36.4 Å². The largest absolute Gasteiger partial charge is 0.478 e. The number of nitrogens with zero attached hydrogens (tertiary/aromatic N) is 4. The second-order valence-corrected chi connectivity index (χ2v) is 8.18. The number of hydrogen-bond acceptors (Lipinski definition) is 2. The molecule has 34 heavy (non-hydrogen) atoms.